The maximum Gasteiger partial charge on any atom is 0.338 e. The van der Waals surface area contributed by atoms with E-state index in [1.807, 2.05) is 13.8 Å². The third-order valence-corrected chi connectivity index (χ3v) is 3.37. The molecule has 8 heteroatoms. The minimum Gasteiger partial charge on any atom is -0.484 e. The van der Waals surface area contributed by atoms with Gasteiger partial charge in [-0.25, -0.2) is 4.79 Å². The van der Waals surface area contributed by atoms with Crippen LogP contribution in [0.1, 0.15) is 24.2 Å². The SMILES string of the molecule is CC(C)COC(=O)c1ccc(NC(=O)COc2ccc([N+](=O)[O-])cc2)cc1. The lowest BCUT2D eigenvalue weighted by atomic mass is 10.2. The molecule has 0 aliphatic heterocycles. The topological polar surface area (TPSA) is 108 Å². The Hall–Kier alpha value is -3.42. The van der Waals surface area contributed by atoms with E-state index in [2.05, 4.69) is 5.32 Å². The summed E-state index contributed by atoms with van der Waals surface area (Å²) in [5.41, 5.74) is 0.849. The number of rotatable bonds is 8. The van der Waals surface area contributed by atoms with E-state index in [1.54, 1.807) is 24.3 Å². The highest BCUT2D eigenvalue weighted by Crippen LogP contribution is 2.17. The highest BCUT2D eigenvalue weighted by atomic mass is 16.6. The largest absolute Gasteiger partial charge is 0.484 e. The standard InChI is InChI=1S/C19H20N2O6/c1-13(2)11-27-19(23)14-3-5-15(6-4-14)20-18(22)12-26-17-9-7-16(8-10-17)21(24)25/h3-10,13H,11-12H2,1-2H3,(H,20,22). The van der Waals surface area contributed by atoms with Crippen molar-refractivity contribution in [3.8, 4) is 5.75 Å². The zero-order chi connectivity index (χ0) is 19.8. The number of carbonyl (C=O) groups is 2. The molecular formula is C19H20N2O6. The first-order chi connectivity index (χ1) is 12.8. The van der Waals surface area contributed by atoms with Crippen molar-refractivity contribution in [3.63, 3.8) is 0 Å². The van der Waals surface area contributed by atoms with Gasteiger partial charge in [0.2, 0.25) is 0 Å². The highest BCUT2D eigenvalue weighted by Gasteiger charge is 2.10. The van der Waals surface area contributed by atoms with Gasteiger partial charge < -0.3 is 14.8 Å². The van der Waals surface area contributed by atoms with Crippen molar-refractivity contribution in [3.05, 3.63) is 64.2 Å². The van der Waals surface area contributed by atoms with E-state index in [-0.39, 0.29) is 18.2 Å². The Morgan fingerprint density at radius 1 is 1.07 bits per heavy atom. The minimum atomic E-state index is -0.515. The van der Waals surface area contributed by atoms with Crippen molar-refractivity contribution in [2.75, 3.05) is 18.5 Å². The van der Waals surface area contributed by atoms with Crippen LogP contribution in [0, 0.1) is 16.0 Å². The van der Waals surface area contributed by atoms with E-state index in [0.717, 1.165) is 0 Å². The Morgan fingerprint density at radius 3 is 2.26 bits per heavy atom. The molecule has 1 N–H and O–H groups in total. The Bertz CT molecular complexity index is 800. The number of amides is 1. The zero-order valence-corrected chi connectivity index (χ0v) is 15.0. The molecule has 27 heavy (non-hydrogen) atoms. The lowest BCUT2D eigenvalue weighted by Gasteiger charge is -2.09. The van der Waals surface area contributed by atoms with Gasteiger partial charge in [-0.2, -0.15) is 0 Å². The van der Waals surface area contributed by atoms with Crippen LogP contribution in [0.4, 0.5) is 11.4 Å². The normalized spacial score (nSPS) is 10.3. The molecule has 0 radical (unpaired) electrons. The molecule has 0 fully saturated rings. The molecule has 0 heterocycles. The maximum atomic E-state index is 11.9. The molecule has 8 nitrogen and oxygen atoms in total. The Kier molecular flexibility index (Phi) is 6.87. The fourth-order valence-corrected chi connectivity index (χ4v) is 2.03. The summed E-state index contributed by atoms with van der Waals surface area (Å²) in [6, 6.07) is 11.7. The van der Waals surface area contributed by atoms with Crippen molar-refractivity contribution in [2.24, 2.45) is 5.92 Å². The van der Waals surface area contributed by atoms with Crippen molar-refractivity contribution in [2.45, 2.75) is 13.8 Å². The number of ether oxygens (including phenoxy) is 2. The summed E-state index contributed by atoms with van der Waals surface area (Å²) in [5, 5.41) is 13.2. The number of esters is 1. The molecule has 0 aromatic heterocycles. The predicted molar refractivity (Wildman–Crippen MR) is 98.8 cm³/mol. The first-order valence-corrected chi connectivity index (χ1v) is 8.29. The first kappa shape index (κ1) is 19.9. The van der Waals surface area contributed by atoms with Crippen LogP contribution in [0.3, 0.4) is 0 Å². The molecule has 0 saturated carbocycles. The van der Waals surface area contributed by atoms with Gasteiger partial charge in [0, 0.05) is 17.8 Å². The molecule has 142 valence electrons. The van der Waals surface area contributed by atoms with E-state index >= 15 is 0 Å². The van der Waals surface area contributed by atoms with Crippen LogP contribution in [-0.4, -0.2) is 30.0 Å². The number of hydrogen-bond acceptors (Lipinski definition) is 6. The smallest absolute Gasteiger partial charge is 0.338 e. The van der Waals surface area contributed by atoms with Crippen molar-refractivity contribution < 1.29 is 24.0 Å². The molecule has 1 amide bonds. The van der Waals surface area contributed by atoms with Crippen LogP contribution in [0.2, 0.25) is 0 Å². The van der Waals surface area contributed by atoms with Crippen molar-refractivity contribution >= 4 is 23.3 Å². The number of nitrogens with one attached hydrogen (secondary N) is 1. The van der Waals surface area contributed by atoms with Crippen LogP contribution in [0.15, 0.2) is 48.5 Å². The van der Waals surface area contributed by atoms with Crippen LogP contribution >= 0.6 is 0 Å². The van der Waals surface area contributed by atoms with Crippen LogP contribution in [0.25, 0.3) is 0 Å². The zero-order valence-electron chi connectivity index (χ0n) is 15.0. The van der Waals surface area contributed by atoms with Gasteiger partial charge in [-0.3, -0.25) is 14.9 Å². The summed E-state index contributed by atoms with van der Waals surface area (Å²) in [7, 11) is 0. The summed E-state index contributed by atoms with van der Waals surface area (Å²) < 4.78 is 10.4. The molecule has 0 saturated heterocycles. The number of carbonyl (C=O) groups excluding carboxylic acids is 2. The number of nitrogens with zero attached hydrogens (tertiary/aromatic N) is 1. The number of nitro benzene ring substituents is 1. The third-order valence-electron chi connectivity index (χ3n) is 3.37. The number of hydrogen-bond donors (Lipinski definition) is 1. The van der Waals surface area contributed by atoms with Gasteiger partial charge >= 0.3 is 5.97 Å². The Labute approximate surface area is 156 Å². The molecule has 2 aromatic rings. The Balaban J connectivity index is 1.83. The summed E-state index contributed by atoms with van der Waals surface area (Å²) in [5.74, 6) is -0.214. The Morgan fingerprint density at radius 2 is 1.70 bits per heavy atom. The molecule has 2 aromatic carbocycles. The molecule has 0 unspecified atom stereocenters. The summed E-state index contributed by atoms with van der Waals surface area (Å²) in [4.78, 5) is 33.8. The quantitative estimate of drug-likeness (QED) is 0.432. The highest BCUT2D eigenvalue weighted by molar-refractivity contribution is 5.93. The van der Waals surface area contributed by atoms with E-state index in [0.29, 0.717) is 23.6 Å². The van der Waals surface area contributed by atoms with Crippen LogP contribution < -0.4 is 10.1 Å². The monoisotopic (exact) mass is 372 g/mol. The molecule has 2 rings (SSSR count). The molecule has 0 spiro atoms. The molecule has 0 atom stereocenters. The average Bonchev–Trinajstić information content (AvgIpc) is 2.65. The number of benzene rings is 2. The molecule has 0 aliphatic carbocycles. The molecule has 0 bridgehead atoms. The average molecular weight is 372 g/mol. The van der Waals surface area contributed by atoms with Gasteiger partial charge in [-0.15, -0.1) is 0 Å². The van der Waals surface area contributed by atoms with E-state index in [9.17, 15) is 19.7 Å². The van der Waals surface area contributed by atoms with E-state index in [1.165, 1.54) is 24.3 Å². The number of non-ortho nitro benzene ring substituents is 1. The summed E-state index contributed by atoms with van der Waals surface area (Å²) in [6.07, 6.45) is 0. The first-order valence-electron chi connectivity index (χ1n) is 8.29. The van der Waals surface area contributed by atoms with Crippen molar-refractivity contribution in [1.82, 2.24) is 0 Å². The lowest BCUT2D eigenvalue weighted by Crippen LogP contribution is -2.20. The fourth-order valence-electron chi connectivity index (χ4n) is 2.03. The summed E-state index contributed by atoms with van der Waals surface area (Å²) in [6.45, 7) is 3.99. The maximum absolute atomic E-state index is 11.9. The van der Waals surface area contributed by atoms with E-state index < -0.39 is 16.8 Å². The fraction of sp³-hybridized carbons (Fsp3) is 0.263. The minimum absolute atomic E-state index is 0.0567. The third kappa shape index (κ3) is 6.43. The van der Waals surface area contributed by atoms with Crippen molar-refractivity contribution in [1.29, 1.82) is 0 Å². The van der Waals surface area contributed by atoms with Gasteiger partial charge in [-0.05, 0) is 42.3 Å². The second kappa shape index (κ2) is 9.33. The van der Waals surface area contributed by atoms with Crippen LogP contribution in [0.5, 0.6) is 5.75 Å². The van der Waals surface area contributed by atoms with Crippen LogP contribution in [-0.2, 0) is 9.53 Å². The summed E-state index contributed by atoms with van der Waals surface area (Å²) >= 11 is 0. The van der Waals surface area contributed by atoms with Gasteiger partial charge in [0.25, 0.3) is 11.6 Å². The van der Waals surface area contributed by atoms with Gasteiger partial charge in [0.05, 0.1) is 17.1 Å². The number of anilines is 1. The van der Waals surface area contributed by atoms with E-state index in [4.69, 9.17) is 9.47 Å². The van der Waals surface area contributed by atoms with Gasteiger partial charge in [-0.1, -0.05) is 13.8 Å². The van der Waals surface area contributed by atoms with Gasteiger partial charge in [0.15, 0.2) is 6.61 Å². The lowest BCUT2D eigenvalue weighted by molar-refractivity contribution is -0.384. The molecule has 0 aliphatic rings. The second-order valence-corrected chi connectivity index (χ2v) is 6.16. The predicted octanol–water partition coefficient (Wildman–Crippen LogP) is 3.43. The van der Waals surface area contributed by atoms with Gasteiger partial charge in [0.1, 0.15) is 5.75 Å². The second-order valence-electron chi connectivity index (χ2n) is 6.16. The molecular weight excluding hydrogens is 352 g/mol. The number of nitro groups is 1.